The van der Waals surface area contributed by atoms with Crippen molar-refractivity contribution in [3.05, 3.63) is 106 Å². The third-order valence-electron chi connectivity index (χ3n) is 8.87. The van der Waals surface area contributed by atoms with Gasteiger partial charge in [0.1, 0.15) is 11.4 Å². The van der Waals surface area contributed by atoms with Crippen molar-refractivity contribution >= 4 is 34.8 Å². The topological polar surface area (TPSA) is 219 Å². The maximum atomic E-state index is 13.8. The van der Waals surface area contributed by atoms with E-state index in [0.717, 1.165) is 6.08 Å². The molecule has 1 aromatic carbocycles. The summed E-state index contributed by atoms with van der Waals surface area (Å²) in [5, 5.41) is 66.4. The van der Waals surface area contributed by atoms with E-state index in [2.05, 4.69) is 5.32 Å². The number of amides is 1. The van der Waals surface area contributed by atoms with Gasteiger partial charge in [0.05, 0.1) is 36.0 Å². The Labute approximate surface area is 296 Å². The van der Waals surface area contributed by atoms with E-state index in [9.17, 15) is 54.6 Å². The molecule has 0 fully saturated rings. The monoisotopic (exact) mass is 703 g/mol. The smallest absolute Gasteiger partial charge is 0.253 e. The summed E-state index contributed by atoms with van der Waals surface area (Å²) in [5.74, 6) is -8.16. The highest BCUT2D eigenvalue weighted by molar-refractivity contribution is 6.53. The first kappa shape index (κ1) is 40.4. The third kappa shape index (κ3) is 9.83. The zero-order chi connectivity index (χ0) is 38.2. The average molecular weight is 704 g/mol. The molecule has 4 rings (SSSR count). The number of rotatable bonds is 1. The van der Waals surface area contributed by atoms with Crippen molar-refractivity contribution in [2.45, 2.75) is 65.8 Å². The largest absolute Gasteiger partial charge is 0.507 e. The van der Waals surface area contributed by atoms with Crippen LogP contribution in [0.4, 0.5) is 0 Å². The van der Waals surface area contributed by atoms with Gasteiger partial charge in [0.2, 0.25) is 11.7 Å². The molecule has 4 bridgehead atoms. The molecule has 6 unspecified atom stereocenters. The molecule has 1 aliphatic carbocycles. The summed E-state index contributed by atoms with van der Waals surface area (Å²) >= 11 is 0. The van der Waals surface area contributed by atoms with Gasteiger partial charge in [-0.3, -0.25) is 24.0 Å². The van der Waals surface area contributed by atoms with Crippen LogP contribution in [0.2, 0.25) is 0 Å². The molecule has 12 heteroatoms. The predicted molar refractivity (Wildman–Crippen MR) is 189 cm³/mol. The Morgan fingerprint density at radius 3 is 2.12 bits per heavy atom. The summed E-state index contributed by atoms with van der Waals surface area (Å²) in [7, 11) is 0. The maximum Gasteiger partial charge on any atom is 0.253 e. The molecule has 51 heavy (non-hydrogen) atoms. The first-order valence-electron chi connectivity index (χ1n) is 16.5. The molecule has 0 saturated carbocycles. The molecule has 0 aromatic heterocycles. The number of carbonyl (C=O) groups is 5. The molecule has 7 N–H and O–H groups in total. The average Bonchev–Trinajstić information content (AvgIpc) is 3.10. The van der Waals surface area contributed by atoms with Gasteiger partial charge in [-0.1, -0.05) is 68.5 Å². The Balaban J connectivity index is 2.10. The lowest BCUT2D eigenvalue weighted by Crippen LogP contribution is -2.35. The molecule has 0 radical (unpaired) electrons. The fourth-order valence-electron chi connectivity index (χ4n) is 5.53. The van der Waals surface area contributed by atoms with Gasteiger partial charge in [0.15, 0.2) is 17.3 Å². The van der Waals surface area contributed by atoms with Gasteiger partial charge < -0.3 is 36.0 Å². The number of aliphatic hydroxyl groups is 5. The van der Waals surface area contributed by atoms with Crippen molar-refractivity contribution in [1.82, 2.24) is 5.32 Å². The minimum Gasteiger partial charge on any atom is -0.507 e. The first-order valence-corrected chi connectivity index (χ1v) is 16.5. The van der Waals surface area contributed by atoms with Gasteiger partial charge in [0, 0.05) is 35.8 Å². The zero-order valence-electron chi connectivity index (χ0n) is 29.2. The number of carbonyl (C=O) groups excluding carboxylic acids is 5. The molecule has 272 valence electrons. The van der Waals surface area contributed by atoms with E-state index >= 15 is 0 Å². The van der Waals surface area contributed by atoms with Gasteiger partial charge in [-0.05, 0) is 50.0 Å². The summed E-state index contributed by atoms with van der Waals surface area (Å²) in [6.07, 6.45) is 11.1. The minimum atomic E-state index is -1.33. The summed E-state index contributed by atoms with van der Waals surface area (Å²) in [5.41, 5.74) is -1.79. The van der Waals surface area contributed by atoms with Gasteiger partial charge in [-0.25, -0.2) is 0 Å². The number of aromatic hydroxyl groups is 1. The molecule has 6 atom stereocenters. The first-order chi connectivity index (χ1) is 24.0. The quantitative estimate of drug-likeness (QED) is 0.166. The number of aliphatic hydroxyl groups excluding tert-OH is 5. The Morgan fingerprint density at radius 1 is 0.784 bits per heavy atom. The van der Waals surface area contributed by atoms with Gasteiger partial charge in [-0.15, -0.1) is 0 Å². The number of phenols is 1. The third-order valence-corrected chi connectivity index (χ3v) is 8.87. The molecule has 0 saturated heterocycles. The minimum absolute atomic E-state index is 0.0741. The molecular formula is C39H45NO11. The van der Waals surface area contributed by atoms with E-state index < -0.39 is 94.3 Å². The summed E-state index contributed by atoms with van der Waals surface area (Å²) in [6, 6.07) is 1.20. The van der Waals surface area contributed by atoms with Crippen LogP contribution in [0.15, 0.2) is 83.7 Å². The number of Topliss-reactive ketones (excluding diaryl/α,β-unsaturated/α-hetero) is 4. The van der Waals surface area contributed by atoms with E-state index in [1.165, 1.54) is 50.3 Å². The van der Waals surface area contributed by atoms with Crippen LogP contribution in [0, 0.1) is 24.7 Å². The van der Waals surface area contributed by atoms with Crippen LogP contribution in [0.1, 0.15) is 72.4 Å². The fraction of sp³-hybridized carbons (Fsp3) is 0.359. The Bertz CT molecular complexity index is 1790. The van der Waals surface area contributed by atoms with Crippen molar-refractivity contribution in [2.24, 2.45) is 17.8 Å². The second-order valence-electron chi connectivity index (χ2n) is 12.8. The molecule has 1 aromatic rings. The number of phenolic OH excluding ortho intramolecular Hbond substituents is 1. The lowest BCUT2D eigenvalue weighted by Gasteiger charge is -2.24. The molecule has 1 amide bonds. The Kier molecular flexibility index (Phi) is 14.1. The molecule has 12 nitrogen and oxygen atoms in total. The number of allylic oxidation sites excluding steroid dienone is 7. The second kappa shape index (κ2) is 17.8. The Hall–Kier alpha value is -5.01. The van der Waals surface area contributed by atoms with E-state index in [1.807, 2.05) is 0 Å². The van der Waals surface area contributed by atoms with Crippen LogP contribution in [-0.4, -0.2) is 84.6 Å². The molecule has 2 aliphatic heterocycles. The predicted octanol–water partition coefficient (Wildman–Crippen LogP) is 3.44. The van der Waals surface area contributed by atoms with E-state index in [4.69, 9.17) is 0 Å². The highest BCUT2D eigenvalue weighted by atomic mass is 16.3. The highest BCUT2D eigenvalue weighted by Gasteiger charge is 2.39. The second-order valence-corrected chi connectivity index (χ2v) is 12.8. The van der Waals surface area contributed by atoms with Crippen molar-refractivity contribution in [3.63, 3.8) is 0 Å². The molecular weight excluding hydrogens is 658 g/mol. The normalized spacial score (nSPS) is 27.0. The van der Waals surface area contributed by atoms with Crippen LogP contribution in [0.3, 0.4) is 0 Å². The van der Waals surface area contributed by atoms with E-state index in [-0.39, 0.29) is 35.3 Å². The highest BCUT2D eigenvalue weighted by Crippen LogP contribution is 2.37. The van der Waals surface area contributed by atoms with E-state index in [0.29, 0.717) is 5.57 Å². The van der Waals surface area contributed by atoms with Crippen molar-refractivity contribution in [2.75, 3.05) is 6.61 Å². The van der Waals surface area contributed by atoms with Crippen LogP contribution < -0.4 is 5.32 Å². The van der Waals surface area contributed by atoms with Crippen molar-refractivity contribution < 1.29 is 54.6 Å². The van der Waals surface area contributed by atoms with Crippen LogP contribution in [0.5, 0.6) is 5.75 Å². The lowest BCUT2D eigenvalue weighted by atomic mass is 9.82. The number of hydrogen-bond acceptors (Lipinski definition) is 11. The molecule has 3 aliphatic rings. The van der Waals surface area contributed by atoms with Gasteiger partial charge in [0.25, 0.3) is 5.78 Å². The summed E-state index contributed by atoms with van der Waals surface area (Å²) in [4.78, 5) is 65.6. The van der Waals surface area contributed by atoms with Crippen molar-refractivity contribution in [1.29, 1.82) is 0 Å². The fourth-order valence-corrected chi connectivity index (χ4v) is 5.53. The van der Waals surface area contributed by atoms with Crippen LogP contribution in [0.25, 0.3) is 5.76 Å². The van der Waals surface area contributed by atoms with Crippen molar-refractivity contribution in [3.8, 4) is 5.75 Å². The summed E-state index contributed by atoms with van der Waals surface area (Å²) in [6.45, 7) is 7.05. The number of nitrogens with one attached hydrogen (secondary N) is 1. The number of benzene rings is 1. The SMILES string of the molecule is CC1=CCC(O)C=CC(C)C(O)C(CO)C=C(C)C(=O)c2c(O)c(C)cc3c2C(=O)C(=O)C(=C3O)NC(=O)C=C/C=C/C=CC(C)C(O)CC1=O. The van der Waals surface area contributed by atoms with Gasteiger partial charge in [-0.2, -0.15) is 0 Å². The van der Waals surface area contributed by atoms with Crippen LogP contribution >= 0.6 is 0 Å². The lowest BCUT2D eigenvalue weighted by molar-refractivity contribution is -0.118. The Morgan fingerprint density at radius 2 is 1.45 bits per heavy atom. The zero-order valence-corrected chi connectivity index (χ0v) is 29.2. The van der Waals surface area contributed by atoms with Gasteiger partial charge >= 0.3 is 0 Å². The standard InChI is InChI=1S/C39H45NO11/c1-20-10-8-6-7-9-11-30(45)40-33-37(49)27-17-24(5)36(48)32(31(27)38(50)39(33)51)35(47)23(4)16-25(19-41)34(46)22(3)13-15-26(42)14-12-21(2)29(44)18-28(20)43/h6-13,15-17,20,22,25-26,28,34,41-43,46,48-49H,14,18-19H2,1-5H3,(H,40,45)/b7-6+,10-8?,11-9?,15-13?,21-12?,23-16?. The molecule has 2 heterocycles. The maximum absolute atomic E-state index is 13.8. The number of fused-ring (bicyclic) bond motifs is 18. The number of aryl methyl sites for hydroxylation is 1. The molecule has 0 spiro atoms. The van der Waals surface area contributed by atoms with Crippen LogP contribution in [-0.2, 0) is 14.4 Å². The van der Waals surface area contributed by atoms with E-state index in [1.54, 1.807) is 45.1 Å². The summed E-state index contributed by atoms with van der Waals surface area (Å²) < 4.78 is 0. The number of ketones is 4. The number of hydrogen-bond donors (Lipinski definition) is 7.